The topological polar surface area (TPSA) is 27.7 Å². The van der Waals surface area contributed by atoms with Crippen molar-refractivity contribution >= 4 is 0 Å². The third-order valence-electron chi connectivity index (χ3n) is 6.71. The summed E-state index contributed by atoms with van der Waals surface area (Å²) in [5.41, 5.74) is 5.52. The van der Waals surface area contributed by atoms with Crippen LogP contribution in [0.1, 0.15) is 63.5 Å². The molecule has 2 radical (unpaired) electrons. The van der Waals surface area contributed by atoms with Gasteiger partial charge in [-0.2, -0.15) is 0 Å². The molecule has 0 fully saturated rings. The third-order valence-corrected chi connectivity index (χ3v) is 6.71. The predicted octanol–water partition coefficient (Wildman–Crippen LogP) is 6.23. The third kappa shape index (κ3) is 5.77. The molecule has 1 unspecified atom stereocenters. The van der Waals surface area contributed by atoms with Crippen LogP contribution in [0.4, 0.5) is 0 Å². The summed E-state index contributed by atoms with van der Waals surface area (Å²) in [4.78, 5) is 0. The number of methoxy groups -OCH3 is 1. The number of fused-ring (bicyclic) bond motifs is 3. The molecule has 0 amide bonds. The van der Waals surface area contributed by atoms with E-state index in [1.54, 1.807) is 7.11 Å². The average Bonchev–Trinajstić information content (AvgIpc) is 3.08. The average molecular weight is 423 g/mol. The lowest BCUT2D eigenvalue weighted by Crippen LogP contribution is -2.30. The van der Waals surface area contributed by atoms with Crippen LogP contribution in [0.25, 0.3) is 11.1 Å². The highest BCUT2D eigenvalue weighted by molar-refractivity contribution is 5.80. The first-order valence-corrected chi connectivity index (χ1v) is 11.9. The van der Waals surface area contributed by atoms with E-state index in [-0.39, 0.29) is 5.41 Å². The molecular weight excluding hydrogens is 384 g/mol. The number of unbranched alkanes of at least 4 members (excludes halogenated alkanes) is 1. The van der Waals surface area contributed by atoms with Gasteiger partial charge in [0.05, 0.1) is 26.4 Å². The highest BCUT2D eigenvalue weighted by atomic mass is 16.5. The van der Waals surface area contributed by atoms with E-state index in [0.29, 0.717) is 32.3 Å². The van der Waals surface area contributed by atoms with Crippen LogP contribution in [-0.4, -0.2) is 40.1 Å². The van der Waals surface area contributed by atoms with Crippen LogP contribution in [0.2, 0.25) is 0 Å². The lowest BCUT2D eigenvalue weighted by atomic mass is 9.68. The van der Waals surface area contributed by atoms with Crippen LogP contribution in [0.3, 0.4) is 0 Å². The quantitative estimate of drug-likeness (QED) is 0.318. The Balaban J connectivity index is 1.79. The van der Waals surface area contributed by atoms with E-state index < -0.39 is 0 Å². The van der Waals surface area contributed by atoms with Gasteiger partial charge in [0.25, 0.3) is 0 Å². The summed E-state index contributed by atoms with van der Waals surface area (Å²) in [6.07, 6.45) is 7.20. The van der Waals surface area contributed by atoms with Crippen molar-refractivity contribution in [3.05, 3.63) is 59.7 Å². The van der Waals surface area contributed by atoms with Gasteiger partial charge in [-0.15, -0.1) is 0 Å². The molecule has 0 heterocycles. The van der Waals surface area contributed by atoms with E-state index in [0.717, 1.165) is 19.4 Å². The summed E-state index contributed by atoms with van der Waals surface area (Å²) in [5.74, 6) is 0.705. The number of hydrogen-bond acceptors (Lipinski definition) is 3. The molecule has 0 spiro atoms. The summed E-state index contributed by atoms with van der Waals surface area (Å²) in [6.45, 7) is 7.82. The van der Waals surface area contributed by atoms with Gasteiger partial charge in [-0.1, -0.05) is 63.8 Å². The Morgan fingerprint density at radius 1 is 0.871 bits per heavy atom. The zero-order valence-corrected chi connectivity index (χ0v) is 19.5. The molecule has 0 saturated heterocycles. The number of hydrogen-bond donors (Lipinski definition) is 0. The second-order valence-electron chi connectivity index (χ2n) is 8.61. The number of ether oxygens (including phenoxy) is 3. The monoisotopic (exact) mass is 422 g/mol. The second kappa shape index (κ2) is 12.4. The summed E-state index contributed by atoms with van der Waals surface area (Å²) in [5, 5.41) is 0. The van der Waals surface area contributed by atoms with Gasteiger partial charge in [-0.25, -0.2) is 0 Å². The van der Waals surface area contributed by atoms with Gasteiger partial charge in [0.15, 0.2) is 0 Å². The fourth-order valence-corrected chi connectivity index (χ4v) is 5.01. The molecule has 168 valence electrons. The highest BCUT2D eigenvalue weighted by Crippen LogP contribution is 2.54. The minimum atomic E-state index is -0.0223. The van der Waals surface area contributed by atoms with Crippen molar-refractivity contribution in [1.29, 1.82) is 0 Å². The minimum absolute atomic E-state index is 0.0223. The van der Waals surface area contributed by atoms with Gasteiger partial charge in [0.2, 0.25) is 0 Å². The zero-order chi connectivity index (χ0) is 21.9. The maximum absolute atomic E-state index is 6.04. The number of benzene rings is 2. The van der Waals surface area contributed by atoms with Crippen LogP contribution in [0.5, 0.6) is 0 Å². The van der Waals surface area contributed by atoms with Gasteiger partial charge in [0, 0.05) is 19.1 Å². The first kappa shape index (κ1) is 24.0. The maximum atomic E-state index is 6.04. The summed E-state index contributed by atoms with van der Waals surface area (Å²) in [7, 11) is 1.69. The van der Waals surface area contributed by atoms with Crippen molar-refractivity contribution in [2.45, 2.75) is 57.8 Å². The Morgan fingerprint density at radius 3 is 2.06 bits per heavy atom. The number of rotatable bonds is 15. The van der Waals surface area contributed by atoms with Crippen molar-refractivity contribution in [3.63, 3.8) is 0 Å². The molecule has 2 aromatic rings. The van der Waals surface area contributed by atoms with E-state index in [4.69, 9.17) is 14.2 Å². The first-order valence-electron chi connectivity index (χ1n) is 11.9. The molecular formula is C28H38O3. The molecule has 3 nitrogen and oxygen atoms in total. The van der Waals surface area contributed by atoms with Crippen LogP contribution in [-0.2, 0) is 19.6 Å². The maximum Gasteiger partial charge on any atom is 0.0701 e. The standard InChI is InChI=1S/C28H38O3/c1-4-6-11-23(5-2)22-28(16-17-30-20-21-31-19-18-29-3)26-14-9-7-12-24(26)25-13-8-10-15-27(25)28/h7-8,12-15,23H,4-6,11,16-22H2,1-3H3. The largest absolute Gasteiger partial charge is 0.382 e. The summed E-state index contributed by atoms with van der Waals surface area (Å²) < 4.78 is 16.6. The van der Waals surface area contributed by atoms with Crippen molar-refractivity contribution in [2.24, 2.45) is 5.92 Å². The molecule has 3 rings (SSSR count). The van der Waals surface area contributed by atoms with Crippen LogP contribution in [0, 0.1) is 18.1 Å². The highest BCUT2D eigenvalue weighted by Gasteiger charge is 2.43. The Kier molecular flexibility index (Phi) is 9.57. The summed E-state index contributed by atoms with van der Waals surface area (Å²) >= 11 is 0. The van der Waals surface area contributed by atoms with Crippen molar-refractivity contribution in [1.82, 2.24) is 0 Å². The Morgan fingerprint density at radius 2 is 1.48 bits per heavy atom. The smallest absolute Gasteiger partial charge is 0.0701 e. The fraction of sp³-hybridized carbons (Fsp3) is 0.571. The summed E-state index contributed by atoms with van der Waals surface area (Å²) in [6, 6.07) is 19.7. The zero-order valence-electron chi connectivity index (χ0n) is 19.5. The lowest BCUT2D eigenvalue weighted by molar-refractivity contribution is 0.0209. The van der Waals surface area contributed by atoms with E-state index >= 15 is 0 Å². The molecule has 1 aliphatic carbocycles. The Hall–Kier alpha value is -1.68. The normalized spacial score (nSPS) is 14.9. The van der Waals surface area contributed by atoms with Crippen molar-refractivity contribution in [2.75, 3.05) is 40.1 Å². The van der Waals surface area contributed by atoms with Gasteiger partial charge < -0.3 is 14.2 Å². The molecule has 0 N–H and O–H groups in total. The molecule has 0 bridgehead atoms. The molecule has 0 aliphatic heterocycles. The molecule has 1 atom stereocenters. The van der Waals surface area contributed by atoms with Crippen molar-refractivity contribution < 1.29 is 14.2 Å². The molecule has 0 saturated carbocycles. The van der Waals surface area contributed by atoms with E-state index in [1.807, 2.05) is 12.1 Å². The molecule has 3 heteroatoms. The first-order chi connectivity index (χ1) is 15.3. The van der Waals surface area contributed by atoms with Crippen molar-refractivity contribution in [3.8, 4) is 11.1 Å². The van der Waals surface area contributed by atoms with E-state index in [9.17, 15) is 0 Å². The lowest BCUT2D eigenvalue weighted by Gasteiger charge is -2.35. The van der Waals surface area contributed by atoms with E-state index in [2.05, 4.69) is 50.2 Å². The van der Waals surface area contributed by atoms with Crippen LogP contribution in [0.15, 0.2) is 36.4 Å². The van der Waals surface area contributed by atoms with Crippen LogP contribution >= 0.6 is 0 Å². The molecule has 31 heavy (non-hydrogen) atoms. The minimum Gasteiger partial charge on any atom is -0.382 e. The second-order valence-corrected chi connectivity index (χ2v) is 8.61. The van der Waals surface area contributed by atoms with Gasteiger partial charge in [-0.3, -0.25) is 0 Å². The molecule has 1 aliphatic rings. The Labute approximate surface area is 189 Å². The van der Waals surface area contributed by atoms with Gasteiger partial charge in [0.1, 0.15) is 0 Å². The molecule has 2 aromatic carbocycles. The van der Waals surface area contributed by atoms with E-state index in [1.165, 1.54) is 47.9 Å². The SMILES string of the molecule is CCCCC(CC)CC1(CCOCCOCCOC)c2c[c]ccc2-c2cc[c]cc21. The predicted molar refractivity (Wildman–Crippen MR) is 126 cm³/mol. The fourth-order valence-electron chi connectivity index (χ4n) is 5.01. The van der Waals surface area contributed by atoms with Gasteiger partial charge in [-0.05, 0) is 65.3 Å². The van der Waals surface area contributed by atoms with Crippen LogP contribution < -0.4 is 0 Å². The van der Waals surface area contributed by atoms with Gasteiger partial charge >= 0.3 is 0 Å². The Bertz CT molecular complexity index is 740. The molecule has 0 aromatic heterocycles.